The fourth-order valence-corrected chi connectivity index (χ4v) is 1.72. The largest absolute Gasteiger partial charge is 0.394 e. The van der Waals surface area contributed by atoms with E-state index in [4.69, 9.17) is 15.6 Å². The molecule has 5 heteroatoms. The van der Waals surface area contributed by atoms with Crippen LogP contribution in [0.25, 0.3) is 5.69 Å². The van der Waals surface area contributed by atoms with Gasteiger partial charge >= 0.3 is 0 Å². The van der Waals surface area contributed by atoms with Crippen LogP contribution in [0.15, 0.2) is 42.7 Å². The topological polar surface area (TPSA) is 73.3 Å². The second-order valence-electron chi connectivity index (χ2n) is 3.87. The standard InChI is InChI=1S/C13H17N3O2/c14-8-13(18-7-6-17)11-9-15-16(10-11)12-4-2-1-3-5-12/h1-5,9-10,13,17H,6-8,14H2. The summed E-state index contributed by atoms with van der Waals surface area (Å²) >= 11 is 0. The molecule has 0 radical (unpaired) electrons. The normalized spacial score (nSPS) is 12.6. The predicted octanol–water partition coefficient (Wildman–Crippen LogP) is 0.881. The lowest BCUT2D eigenvalue weighted by Gasteiger charge is -2.12. The van der Waals surface area contributed by atoms with E-state index < -0.39 is 0 Å². The van der Waals surface area contributed by atoms with Gasteiger partial charge in [0.25, 0.3) is 0 Å². The first-order valence-electron chi connectivity index (χ1n) is 5.87. The Hall–Kier alpha value is -1.69. The first kappa shape index (κ1) is 12.8. The first-order chi connectivity index (χ1) is 8.85. The highest BCUT2D eigenvalue weighted by atomic mass is 16.5. The van der Waals surface area contributed by atoms with E-state index in [2.05, 4.69) is 5.10 Å². The number of benzene rings is 1. The molecule has 1 aromatic carbocycles. The lowest BCUT2D eigenvalue weighted by molar-refractivity contribution is 0.0328. The van der Waals surface area contributed by atoms with Gasteiger partial charge in [0, 0.05) is 18.3 Å². The molecule has 96 valence electrons. The summed E-state index contributed by atoms with van der Waals surface area (Å²) < 4.78 is 7.23. The maximum Gasteiger partial charge on any atom is 0.0978 e. The molecule has 0 aliphatic carbocycles. The van der Waals surface area contributed by atoms with E-state index in [9.17, 15) is 0 Å². The van der Waals surface area contributed by atoms with Crippen LogP contribution < -0.4 is 5.73 Å². The third-order valence-corrected chi connectivity index (χ3v) is 2.62. The van der Waals surface area contributed by atoms with Gasteiger partial charge in [0.05, 0.1) is 31.2 Å². The van der Waals surface area contributed by atoms with Crippen LogP contribution in [0.3, 0.4) is 0 Å². The van der Waals surface area contributed by atoms with E-state index in [1.54, 1.807) is 10.9 Å². The Morgan fingerprint density at radius 3 is 2.78 bits per heavy atom. The van der Waals surface area contributed by atoms with Crippen molar-refractivity contribution in [2.75, 3.05) is 19.8 Å². The Labute approximate surface area is 106 Å². The molecule has 18 heavy (non-hydrogen) atoms. The number of nitrogens with zero attached hydrogens (tertiary/aromatic N) is 2. The Kier molecular flexibility index (Phi) is 4.46. The van der Waals surface area contributed by atoms with Crippen molar-refractivity contribution in [1.29, 1.82) is 0 Å². The zero-order valence-corrected chi connectivity index (χ0v) is 10.1. The molecule has 1 unspecified atom stereocenters. The van der Waals surface area contributed by atoms with Crippen molar-refractivity contribution >= 4 is 0 Å². The van der Waals surface area contributed by atoms with Gasteiger partial charge in [-0.3, -0.25) is 0 Å². The highest BCUT2D eigenvalue weighted by molar-refractivity contribution is 5.31. The number of ether oxygens (including phenoxy) is 1. The molecule has 2 rings (SSSR count). The molecular weight excluding hydrogens is 230 g/mol. The molecule has 0 saturated carbocycles. The quantitative estimate of drug-likeness (QED) is 0.794. The second-order valence-corrected chi connectivity index (χ2v) is 3.87. The molecule has 3 N–H and O–H groups in total. The Morgan fingerprint density at radius 1 is 1.33 bits per heavy atom. The number of rotatable bonds is 6. The van der Waals surface area contributed by atoms with Gasteiger partial charge in [-0.25, -0.2) is 4.68 Å². The fourth-order valence-electron chi connectivity index (χ4n) is 1.72. The van der Waals surface area contributed by atoms with Crippen LogP contribution in [-0.2, 0) is 4.74 Å². The monoisotopic (exact) mass is 247 g/mol. The molecule has 0 saturated heterocycles. The van der Waals surface area contributed by atoms with Crippen molar-refractivity contribution in [3.05, 3.63) is 48.3 Å². The minimum atomic E-state index is -0.227. The zero-order chi connectivity index (χ0) is 12.8. The van der Waals surface area contributed by atoms with E-state index >= 15 is 0 Å². The summed E-state index contributed by atoms with van der Waals surface area (Å²) in [5.41, 5.74) is 7.55. The van der Waals surface area contributed by atoms with Gasteiger partial charge in [0.15, 0.2) is 0 Å². The summed E-state index contributed by atoms with van der Waals surface area (Å²) in [7, 11) is 0. The molecule has 5 nitrogen and oxygen atoms in total. The third kappa shape index (κ3) is 2.95. The number of aliphatic hydroxyl groups is 1. The van der Waals surface area contributed by atoms with Crippen LogP contribution in [0.1, 0.15) is 11.7 Å². The molecular formula is C13H17N3O2. The van der Waals surface area contributed by atoms with Gasteiger partial charge < -0.3 is 15.6 Å². The van der Waals surface area contributed by atoms with E-state index in [1.165, 1.54) is 0 Å². The van der Waals surface area contributed by atoms with E-state index in [0.717, 1.165) is 11.3 Å². The Bertz CT molecular complexity index is 470. The summed E-state index contributed by atoms with van der Waals surface area (Å²) in [4.78, 5) is 0. The van der Waals surface area contributed by atoms with Gasteiger partial charge in [0.1, 0.15) is 0 Å². The molecule has 0 fully saturated rings. The minimum absolute atomic E-state index is 0.0106. The third-order valence-electron chi connectivity index (χ3n) is 2.62. The number of para-hydroxylation sites is 1. The number of aromatic nitrogens is 2. The molecule has 0 spiro atoms. The number of hydrogen-bond acceptors (Lipinski definition) is 4. The highest BCUT2D eigenvalue weighted by Crippen LogP contribution is 2.17. The molecule has 0 aliphatic heterocycles. The fraction of sp³-hybridized carbons (Fsp3) is 0.308. The van der Waals surface area contributed by atoms with Crippen molar-refractivity contribution < 1.29 is 9.84 Å². The van der Waals surface area contributed by atoms with Gasteiger partial charge in [-0.1, -0.05) is 18.2 Å². The van der Waals surface area contributed by atoms with Crippen molar-refractivity contribution in [3.8, 4) is 5.69 Å². The molecule has 2 aromatic rings. The molecule has 1 aromatic heterocycles. The average Bonchev–Trinajstić information content (AvgIpc) is 2.90. The maximum atomic E-state index is 8.75. The highest BCUT2D eigenvalue weighted by Gasteiger charge is 2.12. The summed E-state index contributed by atoms with van der Waals surface area (Å²) in [6.45, 7) is 0.627. The SMILES string of the molecule is NCC(OCCO)c1cnn(-c2ccccc2)c1. The van der Waals surface area contributed by atoms with Crippen LogP contribution in [0, 0.1) is 0 Å². The van der Waals surface area contributed by atoms with E-state index in [0.29, 0.717) is 6.54 Å². The average molecular weight is 247 g/mol. The molecule has 0 aliphatic rings. The van der Waals surface area contributed by atoms with Gasteiger partial charge in [-0.2, -0.15) is 5.10 Å². The minimum Gasteiger partial charge on any atom is -0.394 e. The second kappa shape index (κ2) is 6.30. The van der Waals surface area contributed by atoms with Crippen LogP contribution in [0.5, 0.6) is 0 Å². The smallest absolute Gasteiger partial charge is 0.0978 e. The van der Waals surface area contributed by atoms with E-state index in [-0.39, 0.29) is 19.3 Å². The van der Waals surface area contributed by atoms with Crippen molar-refractivity contribution in [2.45, 2.75) is 6.10 Å². The van der Waals surface area contributed by atoms with E-state index in [1.807, 2.05) is 36.5 Å². The molecule has 0 amide bonds. The zero-order valence-electron chi connectivity index (χ0n) is 10.1. The van der Waals surface area contributed by atoms with Crippen molar-refractivity contribution in [2.24, 2.45) is 5.73 Å². The lowest BCUT2D eigenvalue weighted by Crippen LogP contribution is -2.17. The predicted molar refractivity (Wildman–Crippen MR) is 68.4 cm³/mol. The Balaban J connectivity index is 2.14. The van der Waals surface area contributed by atoms with Crippen LogP contribution in [0.2, 0.25) is 0 Å². The summed E-state index contributed by atoms with van der Waals surface area (Å²) in [5, 5.41) is 13.0. The lowest BCUT2D eigenvalue weighted by atomic mass is 10.2. The summed E-state index contributed by atoms with van der Waals surface area (Å²) in [6.07, 6.45) is 3.40. The molecule has 1 atom stereocenters. The maximum absolute atomic E-state index is 8.75. The van der Waals surface area contributed by atoms with Gasteiger partial charge in [-0.15, -0.1) is 0 Å². The molecule has 1 heterocycles. The number of nitrogens with two attached hydrogens (primary N) is 1. The first-order valence-corrected chi connectivity index (χ1v) is 5.87. The van der Waals surface area contributed by atoms with Crippen LogP contribution >= 0.6 is 0 Å². The van der Waals surface area contributed by atoms with Crippen molar-refractivity contribution in [3.63, 3.8) is 0 Å². The van der Waals surface area contributed by atoms with Crippen molar-refractivity contribution in [1.82, 2.24) is 9.78 Å². The van der Waals surface area contributed by atoms with Gasteiger partial charge in [-0.05, 0) is 12.1 Å². The summed E-state index contributed by atoms with van der Waals surface area (Å²) in [5.74, 6) is 0. The molecule has 0 bridgehead atoms. The van der Waals surface area contributed by atoms with Crippen LogP contribution in [0.4, 0.5) is 0 Å². The number of aliphatic hydroxyl groups excluding tert-OH is 1. The number of hydrogen-bond donors (Lipinski definition) is 2. The van der Waals surface area contributed by atoms with Crippen LogP contribution in [-0.4, -0.2) is 34.6 Å². The van der Waals surface area contributed by atoms with Gasteiger partial charge in [0.2, 0.25) is 0 Å². The summed E-state index contributed by atoms with van der Waals surface area (Å²) in [6, 6.07) is 9.82. The Morgan fingerprint density at radius 2 is 2.11 bits per heavy atom.